The average Bonchev–Trinajstić information content (AvgIpc) is 2.43. The fourth-order valence-corrected chi connectivity index (χ4v) is 2.21. The molecule has 108 valence electrons. The molecule has 2 rings (SSSR count). The summed E-state index contributed by atoms with van der Waals surface area (Å²) in [7, 11) is 0. The number of benzene rings is 1. The molecule has 1 aliphatic heterocycles. The minimum atomic E-state index is -0.517. The van der Waals surface area contributed by atoms with E-state index in [1.54, 1.807) is 0 Å². The van der Waals surface area contributed by atoms with Crippen molar-refractivity contribution >= 4 is 23.2 Å². The topological polar surface area (TPSA) is 70.2 Å². The van der Waals surface area contributed by atoms with Crippen LogP contribution in [0.15, 0.2) is 18.2 Å². The molecule has 1 aliphatic rings. The first-order chi connectivity index (χ1) is 9.56. The maximum absolute atomic E-state index is 13.7. The molecular formula is C14H18FN3O2. The van der Waals surface area contributed by atoms with Gasteiger partial charge in [-0.05, 0) is 37.6 Å². The van der Waals surface area contributed by atoms with Crippen molar-refractivity contribution in [2.45, 2.75) is 19.8 Å². The molecule has 1 aromatic carbocycles. The second-order valence-corrected chi connectivity index (χ2v) is 4.91. The van der Waals surface area contributed by atoms with Gasteiger partial charge in [-0.2, -0.15) is 0 Å². The summed E-state index contributed by atoms with van der Waals surface area (Å²) in [5.74, 6) is -1.11. The number of halogens is 1. The Morgan fingerprint density at radius 3 is 2.80 bits per heavy atom. The zero-order valence-electron chi connectivity index (χ0n) is 11.3. The van der Waals surface area contributed by atoms with Gasteiger partial charge in [-0.3, -0.25) is 9.59 Å². The lowest BCUT2D eigenvalue weighted by Gasteiger charge is -2.22. The highest BCUT2D eigenvalue weighted by Crippen LogP contribution is 2.21. The summed E-state index contributed by atoms with van der Waals surface area (Å²) in [6.45, 7) is 2.89. The molecule has 20 heavy (non-hydrogen) atoms. The molecule has 1 aromatic rings. The van der Waals surface area contributed by atoms with Crippen LogP contribution in [0.1, 0.15) is 19.8 Å². The van der Waals surface area contributed by atoms with Crippen LogP contribution in [0.5, 0.6) is 0 Å². The maximum Gasteiger partial charge on any atom is 0.228 e. The Morgan fingerprint density at radius 2 is 2.15 bits per heavy atom. The molecule has 0 spiro atoms. The quantitative estimate of drug-likeness (QED) is 0.789. The summed E-state index contributed by atoms with van der Waals surface area (Å²) in [5, 5.41) is 8.29. The van der Waals surface area contributed by atoms with Crippen molar-refractivity contribution in [2.24, 2.45) is 5.92 Å². The average molecular weight is 279 g/mol. The van der Waals surface area contributed by atoms with Crippen LogP contribution in [0.2, 0.25) is 0 Å². The highest BCUT2D eigenvalue weighted by molar-refractivity contribution is 5.94. The van der Waals surface area contributed by atoms with Crippen LogP contribution in [0, 0.1) is 11.7 Å². The first kappa shape index (κ1) is 14.5. The van der Waals surface area contributed by atoms with Crippen molar-refractivity contribution in [2.75, 3.05) is 23.7 Å². The van der Waals surface area contributed by atoms with Crippen molar-refractivity contribution < 1.29 is 14.0 Å². The summed E-state index contributed by atoms with van der Waals surface area (Å²) in [6, 6.07) is 4.10. The van der Waals surface area contributed by atoms with E-state index in [1.807, 2.05) is 0 Å². The minimum absolute atomic E-state index is 0.0897. The molecule has 1 fully saturated rings. The van der Waals surface area contributed by atoms with E-state index in [-0.39, 0.29) is 23.4 Å². The van der Waals surface area contributed by atoms with E-state index in [4.69, 9.17) is 0 Å². The second kappa shape index (κ2) is 6.47. The summed E-state index contributed by atoms with van der Waals surface area (Å²) in [5.41, 5.74) is 0.544. The van der Waals surface area contributed by atoms with Gasteiger partial charge in [-0.25, -0.2) is 4.39 Å². The standard InChI is InChI=1S/C14H18FN3O2/c1-9(19)17-11-4-5-12(15)13(7-11)18-14(20)10-3-2-6-16-8-10/h4-5,7,10,16H,2-3,6,8H2,1H3,(H,17,19)(H,18,20)/t10-/m1/s1. The van der Waals surface area contributed by atoms with Gasteiger partial charge >= 0.3 is 0 Å². The SMILES string of the molecule is CC(=O)Nc1ccc(F)c(NC(=O)[C@@H]2CCCNC2)c1. The predicted molar refractivity (Wildman–Crippen MR) is 74.9 cm³/mol. The van der Waals surface area contributed by atoms with Crippen LogP contribution in [0.3, 0.4) is 0 Å². The van der Waals surface area contributed by atoms with Crippen molar-refractivity contribution in [3.8, 4) is 0 Å². The molecule has 1 heterocycles. The third kappa shape index (κ3) is 3.77. The highest BCUT2D eigenvalue weighted by atomic mass is 19.1. The summed E-state index contributed by atoms with van der Waals surface area (Å²) >= 11 is 0. The first-order valence-corrected chi connectivity index (χ1v) is 6.65. The Labute approximate surface area is 116 Å². The lowest BCUT2D eigenvalue weighted by Crippen LogP contribution is -2.37. The minimum Gasteiger partial charge on any atom is -0.326 e. The van der Waals surface area contributed by atoms with Gasteiger partial charge in [0.15, 0.2) is 0 Å². The molecule has 0 aromatic heterocycles. The van der Waals surface area contributed by atoms with Crippen molar-refractivity contribution in [3.05, 3.63) is 24.0 Å². The van der Waals surface area contributed by atoms with Crippen LogP contribution in [0.4, 0.5) is 15.8 Å². The van der Waals surface area contributed by atoms with Crippen molar-refractivity contribution in [1.82, 2.24) is 5.32 Å². The smallest absolute Gasteiger partial charge is 0.228 e. The van der Waals surface area contributed by atoms with Crippen LogP contribution in [-0.4, -0.2) is 24.9 Å². The number of piperidine rings is 1. The third-order valence-corrected chi connectivity index (χ3v) is 3.21. The molecule has 3 N–H and O–H groups in total. The van der Waals surface area contributed by atoms with E-state index >= 15 is 0 Å². The number of rotatable bonds is 3. The first-order valence-electron chi connectivity index (χ1n) is 6.65. The fraction of sp³-hybridized carbons (Fsp3) is 0.429. The van der Waals surface area contributed by atoms with Gasteiger partial charge in [0.1, 0.15) is 5.82 Å². The van der Waals surface area contributed by atoms with Crippen LogP contribution < -0.4 is 16.0 Å². The zero-order valence-corrected chi connectivity index (χ0v) is 11.3. The number of hydrogen-bond acceptors (Lipinski definition) is 3. The molecule has 0 unspecified atom stereocenters. The van der Waals surface area contributed by atoms with E-state index < -0.39 is 5.82 Å². The van der Waals surface area contributed by atoms with Crippen molar-refractivity contribution in [3.63, 3.8) is 0 Å². The Bertz CT molecular complexity index is 513. The number of hydrogen-bond donors (Lipinski definition) is 3. The Hall–Kier alpha value is -1.95. The van der Waals surface area contributed by atoms with E-state index in [2.05, 4.69) is 16.0 Å². The Kier molecular flexibility index (Phi) is 4.68. The van der Waals surface area contributed by atoms with Crippen LogP contribution >= 0.6 is 0 Å². The summed E-state index contributed by atoms with van der Waals surface area (Å²) in [4.78, 5) is 23.0. The number of carbonyl (C=O) groups excluding carboxylic acids is 2. The number of carbonyl (C=O) groups is 2. The van der Waals surface area contributed by atoms with Gasteiger partial charge in [-0.1, -0.05) is 0 Å². The second-order valence-electron chi connectivity index (χ2n) is 4.91. The third-order valence-electron chi connectivity index (χ3n) is 3.21. The highest BCUT2D eigenvalue weighted by Gasteiger charge is 2.21. The number of anilines is 2. The lowest BCUT2D eigenvalue weighted by molar-refractivity contribution is -0.120. The van der Waals surface area contributed by atoms with Gasteiger partial charge in [0, 0.05) is 19.2 Å². The molecule has 2 amide bonds. The molecule has 0 aliphatic carbocycles. The molecule has 0 bridgehead atoms. The Balaban J connectivity index is 2.07. The van der Waals surface area contributed by atoms with Crippen LogP contribution in [-0.2, 0) is 9.59 Å². The molecule has 1 atom stereocenters. The maximum atomic E-state index is 13.7. The van der Waals surface area contributed by atoms with E-state index in [9.17, 15) is 14.0 Å². The summed E-state index contributed by atoms with van der Waals surface area (Å²) < 4.78 is 13.7. The van der Waals surface area contributed by atoms with Gasteiger partial charge < -0.3 is 16.0 Å². The predicted octanol–water partition coefficient (Wildman–Crippen LogP) is 1.72. The Morgan fingerprint density at radius 1 is 1.35 bits per heavy atom. The largest absolute Gasteiger partial charge is 0.326 e. The van der Waals surface area contributed by atoms with E-state index in [1.165, 1.54) is 25.1 Å². The summed E-state index contributed by atoms with van der Waals surface area (Å²) in [6.07, 6.45) is 1.73. The van der Waals surface area contributed by atoms with Gasteiger partial charge in [0.25, 0.3) is 0 Å². The van der Waals surface area contributed by atoms with E-state index in [0.29, 0.717) is 12.2 Å². The molecule has 1 saturated heterocycles. The molecular weight excluding hydrogens is 261 g/mol. The zero-order chi connectivity index (χ0) is 14.5. The molecule has 6 heteroatoms. The molecule has 0 radical (unpaired) electrons. The van der Waals surface area contributed by atoms with Crippen LogP contribution in [0.25, 0.3) is 0 Å². The van der Waals surface area contributed by atoms with E-state index in [0.717, 1.165) is 19.4 Å². The fourth-order valence-electron chi connectivity index (χ4n) is 2.21. The lowest BCUT2D eigenvalue weighted by atomic mass is 9.99. The van der Waals surface area contributed by atoms with Gasteiger partial charge in [-0.15, -0.1) is 0 Å². The van der Waals surface area contributed by atoms with Gasteiger partial charge in [0.2, 0.25) is 11.8 Å². The normalized spacial score (nSPS) is 18.4. The molecule has 0 saturated carbocycles. The number of nitrogens with one attached hydrogen (secondary N) is 3. The molecule has 5 nitrogen and oxygen atoms in total. The monoisotopic (exact) mass is 279 g/mol. The number of amides is 2. The van der Waals surface area contributed by atoms with Gasteiger partial charge in [0.05, 0.1) is 11.6 Å². The van der Waals surface area contributed by atoms with Crippen molar-refractivity contribution in [1.29, 1.82) is 0 Å².